The highest BCUT2D eigenvalue weighted by Gasteiger charge is 2.40. The van der Waals surface area contributed by atoms with Crippen molar-refractivity contribution in [1.82, 2.24) is 16.0 Å². The monoisotopic (exact) mass is 426 g/mol. The molecule has 0 radical (unpaired) electrons. The maximum Gasteiger partial charge on any atom is 0.407 e. The third-order valence-electron chi connectivity index (χ3n) is 4.53. The fraction of sp³-hybridized carbons (Fsp3) is 0.364. The highest BCUT2D eigenvalue weighted by Crippen LogP contribution is 2.29. The third kappa shape index (κ3) is 5.50. The summed E-state index contributed by atoms with van der Waals surface area (Å²) in [5.74, 6) is -0.896. The van der Waals surface area contributed by atoms with Crippen LogP contribution in [0.2, 0.25) is 0 Å². The molecular formula is C22H26N4O5. The Balaban J connectivity index is 1.54. The Morgan fingerprint density at radius 1 is 1.03 bits per heavy atom. The molecule has 9 nitrogen and oxygen atoms in total. The van der Waals surface area contributed by atoms with Gasteiger partial charge in [0.05, 0.1) is 12.1 Å². The maximum atomic E-state index is 12.8. The average molecular weight is 426 g/mol. The van der Waals surface area contributed by atoms with Crippen LogP contribution in [0, 0.1) is 0 Å². The first-order valence-electron chi connectivity index (χ1n) is 10.0. The quantitative estimate of drug-likeness (QED) is 0.484. The van der Waals surface area contributed by atoms with Crippen LogP contribution in [0.5, 0.6) is 0 Å². The Labute approximate surface area is 180 Å². The standard InChI is InChI=1S/C22H26N4O5/c1-22(2,3)31-21(30)24-12-11-23-18(27)13-16-19(28)26(20(29)25-16)17-10-6-8-14-7-4-5-9-15(14)17/h4-10,16H,11-13H2,1-3H3,(H,23,27)(H,24,30)(H,25,29)/t16-/m0/s1. The topological polar surface area (TPSA) is 117 Å². The van der Waals surface area contributed by atoms with Crippen molar-refractivity contribution in [2.75, 3.05) is 18.0 Å². The van der Waals surface area contributed by atoms with Gasteiger partial charge in [-0.3, -0.25) is 9.59 Å². The van der Waals surface area contributed by atoms with Crippen LogP contribution in [0.1, 0.15) is 27.2 Å². The van der Waals surface area contributed by atoms with Crippen molar-refractivity contribution in [3.05, 3.63) is 42.5 Å². The molecule has 1 aliphatic heterocycles. The van der Waals surface area contributed by atoms with Crippen molar-refractivity contribution in [3.8, 4) is 0 Å². The number of hydrogen-bond donors (Lipinski definition) is 3. The molecule has 1 atom stereocenters. The van der Waals surface area contributed by atoms with Gasteiger partial charge in [-0.15, -0.1) is 0 Å². The molecule has 2 aromatic rings. The Morgan fingerprint density at radius 3 is 2.45 bits per heavy atom. The van der Waals surface area contributed by atoms with Crippen molar-refractivity contribution in [2.24, 2.45) is 0 Å². The lowest BCUT2D eigenvalue weighted by molar-refractivity contribution is -0.125. The molecule has 2 aromatic carbocycles. The van der Waals surface area contributed by atoms with E-state index in [-0.39, 0.29) is 19.5 Å². The van der Waals surface area contributed by atoms with E-state index in [4.69, 9.17) is 4.74 Å². The average Bonchev–Trinajstić information content (AvgIpc) is 2.96. The Bertz CT molecular complexity index is 1010. The largest absolute Gasteiger partial charge is 0.444 e. The number of hydrogen-bond acceptors (Lipinski definition) is 5. The Morgan fingerprint density at radius 2 is 1.71 bits per heavy atom. The van der Waals surface area contributed by atoms with Crippen LogP contribution in [-0.2, 0) is 14.3 Å². The molecule has 164 valence electrons. The van der Waals surface area contributed by atoms with Gasteiger partial charge < -0.3 is 20.7 Å². The predicted octanol–water partition coefficient (Wildman–Crippen LogP) is 2.30. The summed E-state index contributed by atoms with van der Waals surface area (Å²) in [6.45, 7) is 5.60. The number of benzene rings is 2. The van der Waals surface area contributed by atoms with E-state index in [1.165, 1.54) is 0 Å². The molecule has 5 amide bonds. The van der Waals surface area contributed by atoms with Crippen LogP contribution in [0.3, 0.4) is 0 Å². The number of carbonyl (C=O) groups is 4. The number of nitrogens with one attached hydrogen (secondary N) is 3. The van der Waals surface area contributed by atoms with E-state index in [1.54, 1.807) is 32.9 Å². The Hall–Kier alpha value is -3.62. The van der Waals surface area contributed by atoms with Gasteiger partial charge in [-0.25, -0.2) is 14.5 Å². The van der Waals surface area contributed by atoms with E-state index in [1.807, 2.05) is 30.3 Å². The summed E-state index contributed by atoms with van der Waals surface area (Å²) in [5.41, 5.74) is -0.130. The lowest BCUT2D eigenvalue weighted by Gasteiger charge is -2.19. The van der Waals surface area contributed by atoms with Gasteiger partial charge in [-0.1, -0.05) is 36.4 Å². The molecule has 0 aliphatic carbocycles. The summed E-state index contributed by atoms with van der Waals surface area (Å²) in [7, 11) is 0. The summed E-state index contributed by atoms with van der Waals surface area (Å²) in [5, 5.41) is 9.39. The molecule has 1 aliphatic rings. The van der Waals surface area contributed by atoms with Crippen LogP contribution >= 0.6 is 0 Å². The van der Waals surface area contributed by atoms with E-state index in [9.17, 15) is 19.2 Å². The minimum atomic E-state index is -0.953. The number of nitrogens with zero attached hydrogens (tertiary/aromatic N) is 1. The highest BCUT2D eigenvalue weighted by atomic mass is 16.6. The molecule has 0 aromatic heterocycles. The normalized spacial score (nSPS) is 16.2. The molecule has 1 saturated heterocycles. The molecule has 3 N–H and O–H groups in total. The van der Waals surface area contributed by atoms with Crippen LogP contribution < -0.4 is 20.9 Å². The molecule has 3 rings (SSSR count). The SMILES string of the molecule is CC(C)(C)OC(=O)NCCNC(=O)C[C@@H]1NC(=O)N(c2cccc3ccccc23)C1=O. The lowest BCUT2D eigenvalue weighted by atomic mass is 10.1. The zero-order valence-electron chi connectivity index (χ0n) is 17.7. The first-order valence-corrected chi connectivity index (χ1v) is 10.0. The second-order valence-electron chi connectivity index (χ2n) is 8.16. The second-order valence-corrected chi connectivity index (χ2v) is 8.16. The third-order valence-corrected chi connectivity index (χ3v) is 4.53. The van der Waals surface area contributed by atoms with Gasteiger partial charge >= 0.3 is 12.1 Å². The summed E-state index contributed by atoms with van der Waals surface area (Å²) in [4.78, 5) is 50.2. The summed E-state index contributed by atoms with van der Waals surface area (Å²) in [6, 6.07) is 11.3. The summed E-state index contributed by atoms with van der Waals surface area (Å²) < 4.78 is 5.10. The molecule has 9 heteroatoms. The number of ether oxygens (including phenoxy) is 1. The number of urea groups is 1. The van der Waals surface area contributed by atoms with E-state index in [0.29, 0.717) is 5.69 Å². The van der Waals surface area contributed by atoms with Crippen molar-refractivity contribution in [2.45, 2.75) is 38.8 Å². The first kappa shape index (κ1) is 22.1. The van der Waals surface area contributed by atoms with Gasteiger partial charge in [0.15, 0.2) is 0 Å². The van der Waals surface area contributed by atoms with Crippen molar-refractivity contribution in [3.63, 3.8) is 0 Å². The number of rotatable bonds is 6. The number of imide groups is 1. The van der Waals surface area contributed by atoms with Gasteiger partial charge in [0.1, 0.15) is 11.6 Å². The molecule has 31 heavy (non-hydrogen) atoms. The molecule has 0 unspecified atom stereocenters. The van der Waals surface area contributed by atoms with Crippen molar-refractivity contribution < 1.29 is 23.9 Å². The highest BCUT2D eigenvalue weighted by molar-refractivity contribution is 6.24. The van der Waals surface area contributed by atoms with Gasteiger partial charge in [0, 0.05) is 18.5 Å². The van der Waals surface area contributed by atoms with Crippen LogP contribution in [0.15, 0.2) is 42.5 Å². The van der Waals surface area contributed by atoms with Crippen molar-refractivity contribution >= 4 is 40.4 Å². The molecule has 1 heterocycles. The summed E-state index contributed by atoms with van der Waals surface area (Å²) >= 11 is 0. The number of carbonyl (C=O) groups excluding carboxylic acids is 4. The minimum absolute atomic E-state index is 0.167. The number of anilines is 1. The Kier molecular flexibility index (Phi) is 6.43. The number of amides is 5. The van der Waals surface area contributed by atoms with Gasteiger partial charge in [-0.2, -0.15) is 0 Å². The van der Waals surface area contributed by atoms with E-state index in [2.05, 4.69) is 16.0 Å². The minimum Gasteiger partial charge on any atom is -0.444 e. The van der Waals surface area contributed by atoms with E-state index < -0.39 is 35.6 Å². The molecule has 0 saturated carbocycles. The predicted molar refractivity (Wildman–Crippen MR) is 116 cm³/mol. The smallest absolute Gasteiger partial charge is 0.407 e. The zero-order chi connectivity index (χ0) is 22.6. The van der Waals surface area contributed by atoms with Crippen LogP contribution in [-0.4, -0.2) is 48.7 Å². The fourth-order valence-corrected chi connectivity index (χ4v) is 3.24. The molecule has 0 bridgehead atoms. The van der Waals surface area contributed by atoms with Gasteiger partial charge in [0.25, 0.3) is 5.91 Å². The second kappa shape index (κ2) is 9.03. The van der Waals surface area contributed by atoms with Gasteiger partial charge in [-0.05, 0) is 32.2 Å². The van der Waals surface area contributed by atoms with Crippen molar-refractivity contribution in [1.29, 1.82) is 0 Å². The van der Waals surface area contributed by atoms with E-state index >= 15 is 0 Å². The van der Waals surface area contributed by atoms with Crippen LogP contribution in [0.25, 0.3) is 10.8 Å². The number of alkyl carbamates (subject to hydrolysis) is 1. The van der Waals surface area contributed by atoms with Crippen LogP contribution in [0.4, 0.5) is 15.3 Å². The lowest BCUT2D eigenvalue weighted by Crippen LogP contribution is -2.40. The summed E-state index contributed by atoms with van der Waals surface area (Å²) in [6.07, 6.45) is -0.774. The number of fused-ring (bicyclic) bond motifs is 1. The molecular weight excluding hydrogens is 400 g/mol. The maximum absolute atomic E-state index is 12.8. The van der Waals surface area contributed by atoms with Gasteiger partial charge in [0.2, 0.25) is 5.91 Å². The molecule has 0 spiro atoms. The fourth-order valence-electron chi connectivity index (χ4n) is 3.24. The van der Waals surface area contributed by atoms with E-state index in [0.717, 1.165) is 15.7 Å². The zero-order valence-corrected chi connectivity index (χ0v) is 17.7. The first-order chi connectivity index (χ1) is 14.7. The molecule has 1 fully saturated rings.